The molecule has 0 bridgehead atoms. The van der Waals surface area contributed by atoms with Gasteiger partial charge in [0.15, 0.2) is 0 Å². The van der Waals surface area contributed by atoms with E-state index in [0.717, 1.165) is 15.6 Å². The van der Waals surface area contributed by atoms with E-state index in [1.165, 1.54) is 0 Å². The SMILES string of the molecule is O=C(N/C=C/c1cccc(Br)c1)N(CCO)Cc1ccccc1. The summed E-state index contributed by atoms with van der Waals surface area (Å²) in [7, 11) is 0. The van der Waals surface area contributed by atoms with Crippen LogP contribution in [0.15, 0.2) is 65.3 Å². The molecule has 2 rings (SSSR count). The number of hydrogen-bond acceptors (Lipinski definition) is 2. The minimum atomic E-state index is -0.242. The van der Waals surface area contributed by atoms with E-state index >= 15 is 0 Å². The van der Waals surface area contributed by atoms with Crippen molar-refractivity contribution in [3.63, 3.8) is 0 Å². The highest BCUT2D eigenvalue weighted by Gasteiger charge is 2.11. The number of aliphatic hydroxyl groups excluding tert-OH is 1. The highest BCUT2D eigenvalue weighted by atomic mass is 79.9. The van der Waals surface area contributed by atoms with E-state index in [9.17, 15) is 4.79 Å². The van der Waals surface area contributed by atoms with E-state index in [0.29, 0.717) is 6.54 Å². The Kier molecular flexibility index (Phi) is 6.84. The molecule has 0 aliphatic carbocycles. The molecule has 0 radical (unpaired) electrons. The molecule has 4 nitrogen and oxygen atoms in total. The number of rotatable bonds is 6. The van der Waals surface area contributed by atoms with Crippen LogP contribution in [0, 0.1) is 0 Å². The zero-order chi connectivity index (χ0) is 16.5. The lowest BCUT2D eigenvalue weighted by Gasteiger charge is -2.21. The number of nitrogens with zero attached hydrogens (tertiary/aromatic N) is 1. The van der Waals surface area contributed by atoms with Gasteiger partial charge in [0, 0.05) is 23.8 Å². The van der Waals surface area contributed by atoms with Gasteiger partial charge in [-0.1, -0.05) is 58.4 Å². The van der Waals surface area contributed by atoms with Crippen LogP contribution < -0.4 is 5.32 Å². The molecule has 120 valence electrons. The topological polar surface area (TPSA) is 52.6 Å². The Labute approximate surface area is 144 Å². The number of benzene rings is 2. The molecule has 0 aliphatic rings. The van der Waals surface area contributed by atoms with Crippen molar-refractivity contribution < 1.29 is 9.90 Å². The van der Waals surface area contributed by atoms with Crippen LogP contribution in [0.25, 0.3) is 6.08 Å². The second-order valence-corrected chi connectivity index (χ2v) is 5.88. The third-order valence-electron chi connectivity index (χ3n) is 3.20. The van der Waals surface area contributed by atoms with Crippen molar-refractivity contribution in [1.82, 2.24) is 10.2 Å². The number of halogens is 1. The molecular formula is C18H19BrN2O2. The second kappa shape index (κ2) is 9.12. The van der Waals surface area contributed by atoms with Crippen molar-refractivity contribution >= 4 is 28.0 Å². The molecule has 0 unspecified atom stereocenters. The first-order chi connectivity index (χ1) is 11.2. The molecule has 5 heteroatoms. The number of urea groups is 1. The molecule has 0 aromatic heterocycles. The number of aliphatic hydroxyl groups is 1. The molecule has 23 heavy (non-hydrogen) atoms. The van der Waals surface area contributed by atoms with Gasteiger partial charge in [0.25, 0.3) is 0 Å². The summed E-state index contributed by atoms with van der Waals surface area (Å²) < 4.78 is 0.983. The van der Waals surface area contributed by atoms with Crippen LogP contribution in [0.2, 0.25) is 0 Å². The lowest BCUT2D eigenvalue weighted by Crippen LogP contribution is -2.38. The first-order valence-electron chi connectivity index (χ1n) is 7.31. The van der Waals surface area contributed by atoms with Crippen LogP contribution in [0.1, 0.15) is 11.1 Å². The molecule has 2 aromatic carbocycles. The second-order valence-electron chi connectivity index (χ2n) is 4.97. The summed E-state index contributed by atoms with van der Waals surface area (Å²) in [5.41, 5.74) is 2.00. The zero-order valence-corrected chi connectivity index (χ0v) is 14.2. The molecule has 2 amide bonds. The van der Waals surface area contributed by atoms with Crippen molar-refractivity contribution in [1.29, 1.82) is 0 Å². The predicted molar refractivity (Wildman–Crippen MR) is 95.6 cm³/mol. The Morgan fingerprint density at radius 1 is 1.17 bits per heavy atom. The van der Waals surface area contributed by atoms with Crippen molar-refractivity contribution in [3.8, 4) is 0 Å². The quantitative estimate of drug-likeness (QED) is 0.810. The molecule has 0 heterocycles. The van der Waals surface area contributed by atoms with Crippen molar-refractivity contribution in [2.24, 2.45) is 0 Å². The first kappa shape index (κ1) is 17.2. The number of hydrogen-bond donors (Lipinski definition) is 2. The summed E-state index contributed by atoms with van der Waals surface area (Å²) in [5.74, 6) is 0. The minimum Gasteiger partial charge on any atom is -0.395 e. The monoisotopic (exact) mass is 374 g/mol. The fourth-order valence-corrected chi connectivity index (χ4v) is 2.50. The Bertz CT molecular complexity index is 659. The third kappa shape index (κ3) is 5.88. The average molecular weight is 375 g/mol. The largest absolute Gasteiger partial charge is 0.395 e. The summed E-state index contributed by atoms with van der Waals surface area (Å²) in [4.78, 5) is 13.8. The number of nitrogens with one attached hydrogen (secondary N) is 1. The zero-order valence-electron chi connectivity index (χ0n) is 12.7. The van der Waals surface area contributed by atoms with E-state index in [2.05, 4.69) is 21.2 Å². The highest BCUT2D eigenvalue weighted by molar-refractivity contribution is 9.10. The van der Waals surface area contributed by atoms with Gasteiger partial charge in [0.2, 0.25) is 0 Å². The maximum Gasteiger partial charge on any atom is 0.321 e. The normalized spacial score (nSPS) is 10.7. The van der Waals surface area contributed by atoms with Gasteiger partial charge in [-0.25, -0.2) is 4.79 Å². The molecule has 0 saturated carbocycles. The average Bonchev–Trinajstić information content (AvgIpc) is 2.55. The molecule has 0 aliphatic heterocycles. The summed E-state index contributed by atoms with van der Waals surface area (Å²) in [6.45, 7) is 0.666. The van der Waals surface area contributed by atoms with Gasteiger partial charge in [0.05, 0.1) is 6.61 Å². The third-order valence-corrected chi connectivity index (χ3v) is 3.70. The molecule has 0 saturated heterocycles. The summed E-state index contributed by atoms with van der Waals surface area (Å²) in [6.07, 6.45) is 3.43. The standard InChI is InChI=1S/C18H19BrN2O2/c19-17-8-4-7-15(13-17)9-10-20-18(23)21(11-12-22)14-16-5-2-1-3-6-16/h1-10,13,22H,11-12,14H2,(H,20,23)/b10-9+. The van der Waals surface area contributed by atoms with E-state index in [4.69, 9.17) is 5.11 Å². The predicted octanol–water partition coefficient (Wildman–Crippen LogP) is 3.62. The highest BCUT2D eigenvalue weighted by Crippen LogP contribution is 2.12. The Morgan fingerprint density at radius 3 is 2.65 bits per heavy atom. The van der Waals surface area contributed by atoms with E-state index in [1.807, 2.05) is 60.7 Å². The fourth-order valence-electron chi connectivity index (χ4n) is 2.09. The summed E-state index contributed by atoms with van der Waals surface area (Å²) in [6, 6.07) is 17.2. The van der Waals surface area contributed by atoms with Crippen molar-refractivity contribution in [2.75, 3.05) is 13.2 Å². The van der Waals surface area contributed by atoms with Crippen LogP contribution in [-0.2, 0) is 6.54 Å². The number of carbonyl (C=O) groups is 1. The van der Waals surface area contributed by atoms with Gasteiger partial charge in [-0.2, -0.15) is 0 Å². The van der Waals surface area contributed by atoms with Crippen LogP contribution in [0.4, 0.5) is 4.79 Å². The molecular weight excluding hydrogens is 356 g/mol. The molecule has 2 N–H and O–H groups in total. The Balaban J connectivity index is 1.95. The van der Waals surface area contributed by atoms with Crippen LogP contribution >= 0.6 is 15.9 Å². The summed E-state index contributed by atoms with van der Waals surface area (Å²) >= 11 is 3.41. The van der Waals surface area contributed by atoms with Gasteiger partial charge < -0.3 is 15.3 Å². The van der Waals surface area contributed by atoms with Crippen LogP contribution in [0.5, 0.6) is 0 Å². The van der Waals surface area contributed by atoms with Crippen LogP contribution in [-0.4, -0.2) is 29.2 Å². The summed E-state index contributed by atoms with van der Waals surface area (Å²) in [5, 5.41) is 11.9. The fraction of sp³-hybridized carbons (Fsp3) is 0.167. The van der Waals surface area contributed by atoms with Gasteiger partial charge in [-0.15, -0.1) is 0 Å². The maximum absolute atomic E-state index is 12.2. The van der Waals surface area contributed by atoms with Gasteiger partial charge in [-0.3, -0.25) is 0 Å². The minimum absolute atomic E-state index is 0.0738. The Hall–Kier alpha value is -2.11. The van der Waals surface area contributed by atoms with E-state index in [1.54, 1.807) is 11.1 Å². The smallest absolute Gasteiger partial charge is 0.321 e. The molecule has 0 spiro atoms. The van der Waals surface area contributed by atoms with Gasteiger partial charge in [-0.05, 0) is 29.3 Å². The number of amides is 2. The first-order valence-corrected chi connectivity index (χ1v) is 8.10. The van der Waals surface area contributed by atoms with E-state index < -0.39 is 0 Å². The molecule has 0 atom stereocenters. The molecule has 2 aromatic rings. The maximum atomic E-state index is 12.2. The van der Waals surface area contributed by atoms with Crippen molar-refractivity contribution in [3.05, 3.63) is 76.4 Å². The van der Waals surface area contributed by atoms with Crippen LogP contribution in [0.3, 0.4) is 0 Å². The Morgan fingerprint density at radius 2 is 1.96 bits per heavy atom. The van der Waals surface area contributed by atoms with E-state index in [-0.39, 0.29) is 19.2 Å². The van der Waals surface area contributed by atoms with Gasteiger partial charge in [0.1, 0.15) is 0 Å². The lowest BCUT2D eigenvalue weighted by atomic mass is 10.2. The van der Waals surface area contributed by atoms with Crippen molar-refractivity contribution in [2.45, 2.75) is 6.54 Å². The lowest BCUT2D eigenvalue weighted by molar-refractivity contribution is 0.177. The number of carbonyl (C=O) groups excluding carboxylic acids is 1. The van der Waals surface area contributed by atoms with Gasteiger partial charge >= 0.3 is 6.03 Å². The molecule has 0 fully saturated rings.